The molecule has 0 radical (unpaired) electrons. The van der Waals surface area contributed by atoms with Gasteiger partial charge < -0.3 is 0 Å². The molecule has 2 aliphatic carbocycles. The quantitative estimate of drug-likeness (QED) is 0.273. The monoisotopic (exact) mass is 480 g/mol. The van der Waals surface area contributed by atoms with Crippen molar-refractivity contribution in [3.05, 3.63) is 45.5 Å². The molecule has 0 fully saturated rings. The summed E-state index contributed by atoms with van der Waals surface area (Å²) in [5.41, 5.74) is 0. The average molecular weight is 480 g/mol. The van der Waals surface area contributed by atoms with Crippen LogP contribution in [0.15, 0.2) is 45.5 Å². The molecule has 162 valence electrons. The molecule has 0 bridgehead atoms. The van der Waals surface area contributed by atoms with Gasteiger partial charge in [0.1, 0.15) is 0 Å². The molecule has 0 aliphatic heterocycles. The molecule has 0 saturated heterocycles. The van der Waals surface area contributed by atoms with E-state index in [1.807, 2.05) is 0 Å². The van der Waals surface area contributed by atoms with Crippen LogP contribution in [-0.4, -0.2) is 10.3 Å². The summed E-state index contributed by atoms with van der Waals surface area (Å²) < 4.78 is 62.2. The van der Waals surface area contributed by atoms with Crippen LogP contribution in [0.25, 0.3) is 0 Å². The van der Waals surface area contributed by atoms with Crippen molar-refractivity contribution in [1.82, 2.24) is 0 Å². The maximum absolute atomic E-state index is 10.7. The number of halogens is 6. The van der Waals surface area contributed by atoms with Crippen molar-refractivity contribution in [3.63, 3.8) is 0 Å². The molecule has 0 spiro atoms. The van der Waals surface area contributed by atoms with Crippen molar-refractivity contribution >= 4 is 16.4 Å². The van der Waals surface area contributed by atoms with Crippen LogP contribution < -0.4 is 0 Å². The number of hydrogen-bond acceptors (Lipinski definition) is 0. The molecule has 9 heteroatoms. The van der Waals surface area contributed by atoms with Gasteiger partial charge in [0.25, 0.3) is 0 Å². The summed E-state index contributed by atoms with van der Waals surface area (Å²) in [7, 11) is -9.61. The molecule has 0 aromatic carbocycles. The fourth-order valence-corrected chi connectivity index (χ4v) is 5.72. The van der Waals surface area contributed by atoms with Gasteiger partial charge in [-0.15, -0.1) is 8.58 Å². The van der Waals surface area contributed by atoms with Gasteiger partial charge in [0, 0.05) is 0 Å². The zero-order chi connectivity index (χ0) is 21.6. The standard InChI is InChI=1S/C8H19P.2C5H5.Co.F6P/c1-7(2,3)9-8(4,5)6;2*1-2-4-5-3-1;;1-7(2,3,4,5)6/h9H,1-6H3;2*1-3H,4H2;;/q;;;+1;-1. The van der Waals surface area contributed by atoms with Gasteiger partial charge in [-0.1, -0.05) is 41.5 Å². The van der Waals surface area contributed by atoms with Gasteiger partial charge in [-0.3, -0.25) is 0 Å². The minimum atomic E-state index is -10.7. The zero-order valence-electron chi connectivity index (χ0n) is 16.4. The van der Waals surface area contributed by atoms with Gasteiger partial charge >= 0.3 is 106 Å². The third kappa shape index (κ3) is 25.9. The van der Waals surface area contributed by atoms with Gasteiger partial charge in [-0.25, -0.2) is 0 Å². The summed E-state index contributed by atoms with van der Waals surface area (Å²) in [4.78, 5) is 0. The molecule has 2 aliphatic rings. The summed E-state index contributed by atoms with van der Waals surface area (Å²) in [5.74, 6) is 0. The van der Waals surface area contributed by atoms with Crippen molar-refractivity contribution in [3.8, 4) is 0 Å². The molecule has 0 unspecified atom stereocenters. The van der Waals surface area contributed by atoms with Gasteiger partial charge in [0.15, 0.2) is 0 Å². The van der Waals surface area contributed by atoms with Crippen LogP contribution in [0.5, 0.6) is 0 Å². The van der Waals surface area contributed by atoms with Crippen LogP contribution in [0.4, 0.5) is 25.2 Å². The van der Waals surface area contributed by atoms with Crippen molar-refractivity contribution < 1.29 is 39.9 Å². The molecule has 0 aromatic heterocycles. The first-order chi connectivity index (χ1) is 11.6. The molecule has 0 nitrogen and oxygen atoms in total. The molecule has 0 atom stereocenters. The average Bonchev–Trinajstić information content (AvgIpc) is 2.93. The Morgan fingerprint density at radius 2 is 1.04 bits per heavy atom. The third-order valence-corrected chi connectivity index (χ3v) is 5.32. The second-order valence-electron chi connectivity index (χ2n) is 8.10. The number of hydrogen-bond donors (Lipinski definition) is 0. The van der Waals surface area contributed by atoms with E-state index in [9.17, 15) is 25.2 Å². The van der Waals surface area contributed by atoms with Crippen molar-refractivity contribution in [2.75, 3.05) is 0 Å². The topological polar surface area (TPSA) is 0 Å². The van der Waals surface area contributed by atoms with Crippen molar-refractivity contribution in [2.45, 2.75) is 64.7 Å². The summed E-state index contributed by atoms with van der Waals surface area (Å²) in [6.07, 6.45) is 15.5. The van der Waals surface area contributed by atoms with E-state index in [4.69, 9.17) is 0 Å². The SMILES string of the molecule is C1=CC[C]([Co+][C]2=CC=CC2)=C1.CC(C)(C)PC(C)(C)C.F[P-](F)(F)(F)(F)F. The van der Waals surface area contributed by atoms with Crippen LogP contribution in [0, 0.1) is 0 Å². The van der Waals surface area contributed by atoms with E-state index in [0.29, 0.717) is 10.3 Å². The first kappa shape index (κ1) is 26.9. The van der Waals surface area contributed by atoms with Crippen LogP contribution in [0.3, 0.4) is 0 Å². The third-order valence-electron chi connectivity index (χ3n) is 2.38. The van der Waals surface area contributed by atoms with E-state index in [0.717, 1.165) is 21.4 Å². The zero-order valence-corrected chi connectivity index (χ0v) is 19.4. The Kier molecular flexibility index (Phi) is 8.70. The van der Waals surface area contributed by atoms with Crippen LogP contribution in [0.1, 0.15) is 54.4 Å². The van der Waals surface area contributed by atoms with Gasteiger partial charge in [0.2, 0.25) is 0 Å². The number of allylic oxidation sites excluding steroid dienone is 8. The normalized spacial score (nSPS) is 19.3. The molecule has 0 N–H and O–H groups in total. The second-order valence-corrected chi connectivity index (χ2v) is 14.9. The molecule has 0 heterocycles. The Balaban J connectivity index is 0.000000389. The van der Waals surface area contributed by atoms with Gasteiger partial charge in [-0.05, 0) is 10.3 Å². The molecular weight excluding hydrogens is 451 g/mol. The Hall–Kier alpha value is -0.0935. The predicted octanol–water partition coefficient (Wildman–Crippen LogP) is 9.40. The molecule has 27 heavy (non-hydrogen) atoms. The molecule has 0 aromatic rings. The number of rotatable bonds is 2. The van der Waals surface area contributed by atoms with Crippen molar-refractivity contribution in [2.24, 2.45) is 0 Å². The summed E-state index contributed by atoms with van der Waals surface area (Å²) in [6.45, 7) is 13.8. The van der Waals surface area contributed by atoms with E-state index >= 15 is 0 Å². The van der Waals surface area contributed by atoms with E-state index in [2.05, 4.69) is 78.0 Å². The first-order valence-corrected chi connectivity index (χ1v) is 12.4. The Labute approximate surface area is 166 Å². The minimum absolute atomic E-state index is 0.512. The van der Waals surface area contributed by atoms with Gasteiger partial charge in [0.05, 0.1) is 0 Å². The maximum atomic E-state index is 9.87. The fourth-order valence-electron chi connectivity index (χ4n) is 2.21. The van der Waals surface area contributed by atoms with Crippen LogP contribution in [0.2, 0.25) is 0 Å². The van der Waals surface area contributed by atoms with E-state index in [1.165, 1.54) is 23.7 Å². The van der Waals surface area contributed by atoms with Crippen LogP contribution in [-0.2, 0) is 14.7 Å². The summed E-state index contributed by atoms with van der Waals surface area (Å²) in [5, 5.41) is 1.02. The summed E-state index contributed by atoms with van der Waals surface area (Å²) in [6, 6.07) is 0. The summed E-state index contributed by atoms with van der Waals surface area (Å²) >= 11 is 1.45. The first-order valence-electron chi connectivity index (χ1n) is 8.28. The second kappa shape index (κ2) is 8.73. The van der Waals surface area contributed by atoms with E-state index < -0.39 is 7.81 Å². The molecule has 2 rings (SSSR count). The molecule has 0 amide bonds. The predicted molar refractivity (Wildman–Crippen MR) is 105 cm³/mol. The van der Waals surface area contributed by atoms with Crippen LogP contribution >= 0.6 is 16.4 Å². The van der Waals surface area contributed by atoms with E-state index in [-0.39, 0.29) is 0 Å². The van der Waals surface area contributed by atoms with Gasteiger partial charge in [-0.2, -0.15) is 0 Å². The Morgan fingerprint density at radius 1 is 0.741 bits per heavy atom. The van der Waals surface area contributed by atoms with E-state index in [1.54, 1.807) is 0 Å². The Bertz CT molecular complexity index is 563. The van der Waals surface area contributed by atoms with Crippen molar-refractivity contribution in [1.29, 1.82) is 0 Å². The fraction of sp³-hybridized carbons (Fsp3) is 0.556. The molecule has 0 saturated carbocycles. The Morgan fingerprint density at radius 3 is 1.19 bits per heavy atom. The molecular formula is C18H29CoF6P2.